The number of aromatic nitrogens is 1. The van der Waals surface area contributed by atoms with E-state index in [1.165, 1.54) is 6.42 Å². The minimum Gasteiger partial charge on any atom is -0.349 e. The average molecular weight is 270 g/mol. The molecular formula is C13H20ClN3O. The Morgan fingerprint density at radius 1 is 1.50 bits per heavy atom. The van der Waals surface area contributed by atoms with Gasteiger partial charge in [0, 0.05) is 25.3 Å². The van der Waals surface area contributed by atoms with E-state index in [4.69, 9.17) is 17.3 Å². The number of nitrogens with one attached hydrogen (secondary N) is 1. The van der Waals surface area contributed by atoms with Gasteiger partial charge in [-0.05, 0) is 18.9 Å². The molecule has 2 rings (SSSR count). The number of hydrogen-bond donors (Lipinski definition) is 2. The molecule has 1 aromatic heterocycles. The van der Waals surface area contributed by atoms with Crippen molar-refractivity contribution in [3.05, 3.63) is 23.0 Å². The molecule has 4 nitrogen and oxygen atoms in total. The number of rotatable bonds is 3. The Hall–Kier alpha value is -1.00. The van der Waals surface area contributed by atoms with E-state index < -0.39 is 0 Å². The van der Waals surface area contributed by atoms with E-state index in [1.807, 2.05) is 0 Å². The molecule has 1 heterocycles. The van der Waals surface area contributed by atoms with E-state index in [1.54, 1.807) is 23.9 Å². The Labute approximate surface area is 112 Å². The quantitative estimate of drug-likeness (QED) is 0.883. The van der Waals surface area contributed by atoms with Gasteiger partial charge in [0.25, 0.3) is 5.91 Å². The molecule has 1 saturated carbocycles. The molecule has 5 heteroatoms. The molecule has 1 fully saturated rings. The zero-order chi connectivity index (χ0) is 13.2. The summed E-state index contributed by atoms with van der Waals surface area (Å²) >= 11 is 5.86. The van der Waals surface area contributed by atoms with Gasteiger partial charge in [0.2, 0.25) is 0 Å². The summed E-state index contributed by atoms with van der Waals surface area (Å²) < 4.78 is 1.72. The molecule has 0 bridgehead atoms. The maximum absolute atomic E-state index is 12.0. The van der Waals surface area contributed by atoms with Crippen LogP contribution in [0.25, 0.3) is 0 Å². The topological polar surface area (TPSA) is 60.0 Å². The van der Waals surface area contributed by atoms with E-state index in [2.05, 4.69) is 5.32 Å². The molecule has 1 aromatic rings. The highest BCUT2D eigenvalue weighted by Crippen LogP contribution is 2.25. The van der Waals surface area contributed by atoms with Crippen molar-refractivity contribution in [1.82, 2.24) is 9.88 Å². The molecule has 0 radical (unpaired) electrons. The van der Waals surface area contributed by atoms with Crippen LogP contribution in [0.2, 0.25) is 5.02 Å². The highest BCUT2D eigenvalue weighted by Gasteiger charge is 2.28. The highest BCUT2D eigenvalue weighted by molar-refractivity contribution is 6.31. The highest BCUT2D eigenvalue weighted by atomic mass is 35.5. The SMILES string of the molecule is Cn1cc(Cl)cc1C(=O)NCC1(N)CCCCC1. The molecule has 1 aliphatic rings. The molecule has 100 valence electrons. The monoisotopic (exact) mass is 269 g/mol. The molecule has 1 aliphatic carbocycles. The predicted molar refractivity (Wildman–Crippen MR) is 72.8 cm³/mol. The normalized spacial score (nSPS) is 18.6. The lowest BCUT2D eigenvalue weighted by Crippen LogP contribution is -2.51. The zero-order valence-electron chi connectivity index (χ0n) is 10.7. The maximum Gasteiger partial charge on any atom is 0.268 e. The number of nitrogens with zero attached hydrogens (tertiary/aromatic N) is 1. The van der Waals surface area contributed by atoms with Gasteiger partial charge < -0.3 is 15.6 Å². The lowest BCUT2D eigenvalue weighted by atomic mass is 9.82. The summed E-state index contributed by atoms with van der Waals surface area (Å²) in [6, 6.07) is 1.67. The van der Waals surface area contributed by atoms with E-state index >= 15 is 0 Å². The lowest BCUT2D eigenvalue weighted by molar-refractivity contribution is 0.0929. The third kappa shape index (κ3) is 3.06. The second-order valence-electron chi connectivity index (χ2n) is 5.26. The van der Waals surface area contributed by atoms with Gasteiger partial charge in [0.1, 0.15) is 5.69 Å². The van der Waals surface area contributed by atoms with Crippen molar-refractivity contribution < 1.29 is 4.79 Å². The third-order valence-electron chi connectivity index (χ3n) is 3.65. The van der Waals surface area contributed by atoms with E-state index in [9.17, 15) is 4.79 Å². The number of amides is 1. The molecular weight excluding hydrogens is 250 g/mol. The maximum atomic E-state index is 12.0. The van der Waals surface area contributed by atoms with Crippen LogP contribution in [-0.4, -0.2) is 22.6 Å². The molecule has 0 unspecified atom stereocenters. The van der Waals surface area contributed by atoms with Gasteiger partial charge in [-0.3, -0.25) is 4.79 Å². The second-order valence-corrected chi connectivity index (χ2v) is 5.70. The van der Waals surface area contributed by atoms with Crippen molar-refractivity contribution in [2.45, 2.75) is 37.6 Å². The Bertz CT molecular complexity index is 435. The van der Waals surface area contributed by atoms with Crippen molar-refractivity contribution in [3.63, 3.8) is 0 Å². The van der Waals surface area contributed by atoms with Crippen molar-refractivity contribution in [3.8, 4) is 0 Å². The van der Waals surface area contributed by atoms with Gasteiger partial charge in [-0.1, -0.05) is 30.9 Å². The van der Waals surface area contributed by atoms with Crippen LogP contribution in [0, 0.1) is 0 Å². The van der Waals surface area contributed by atoms with Gasteiger partial charge in [-0.15, -0.1) is 0 Å². The van der Waals surface area contributed by atoms with Crippen LogP contribution in [0.1, 0.15) is 42.6 Å². The minimum atomic E-state index is -0.233. The van der Waals surface area contributed by atoms with Crippen molar-refractivity contribution in [1.29, 1.82) is 0 Å². The standard InChI is InChI=1S/C13H20ClN3O/c1-17-8-10(14)7-11(17)12(18)16-9-13(15)5-3-2-4-6-13/h7-8H,2-6,9,15H2,1H3,(H,16,18). The fourth-order valence-corrected chi connectivity index (χ4v) is 2.78. The molecule has 1 amide bonds. The first-order valence-corrected chi connectivity index (χ1v) is 6.77. The van der Waals surface area contributed by atoms with Crippen LogP contribution in [0.3, 0.4) is 0 Å². The number of aryl methyl sites for hydroxylation is 1. The fourth-order valence-electron chi connectivity index (χ4n) is 2.53. The predicted octanol–water partition coefficient (Wildman–Crippen LogP) is 2.07. The van der Waals surface area contributed by atoms with E-state index in [0.29, 0.717) is 17.3 Å². The van der Waals surface area contributed by atoms with Gasteiger partial charge in [-0.25, -0.2) is 0 Å². The average Bonchev–Trinajstić information content (AvgIpc) is 2.67. The van der Waals surface area contributed by atoms with Gasteiger partial charge >= 0.3 is 0 Å². The fraction of sp³-hybridized carbons (Fsp3) is 0.615. The Morgan fingerprint density at radius 3 is 2.72 bits per heavy atom. The number of nitrogens with two attached hydrogens (primary N) is 1. The van der Waals surface area contributed by atoms with Crippen molar-refractivity contribution in [2.75, 3.05) is 6.54 Å². The summed E-state index contributed by atoms with van der Waals surface area (Å²) in [6.07, 6.45) is 7.25. The summed E-state index contributed by atoms with van der Waals surface area (Å²) in [6.45, 7) is 0.536. The first-order chi connectivity index (χ1) is 8.50. The second kappa shape index (κ2) is 5.33. The number of carbonyl (C=O) groups excluding carboxylic acids is 1. The molecule has 3 N–H and O–H groups in total. The summed E-state index contributed by atoms with van der Waals surface area (Å²) in [5.41, 5.74) is 6.62. The summed E-state index contributed by atoms with van der Waals surface area (Å²) in [5.74, 6) is -0.111. The largest absolute Gasteiger partial charge is 0.349 e. The van der Waals surface area contributed by atoms with Crippen LogP contribution in [-0.2, 0) is 7.05 Å². The Balaban J connectivity index is 1.94. The third-order valence-corrected chi connectivity index (χ3v) is 3.86. The van der Waals surface area contributed by atoms with Gasteiger partial charge in [0.15, 0.2) is 0 Å². The van der Waals surface area contributed by atoms with Crippen LogP contribution >= 0.6 is 11.6 Å². The zero-order valence-corrected chi connectivity index (χ0v) is 11.5. The van der Waals surface area contributed by atoms with Crippen LogP contribution in [0.15, 0.2) is 12.3 Å². The Morgan fingerprint density at radius 2 is 2.17 bits per heavy atom. The van der Waals surface area contributed by atoms with Crippen LogP contribution < -0.4 is 11.1 Å². The Kier molecular flexibility index (Phi) is 3.97. The molecule has 0 aromatic carbocycles. The molecule has 0 aliphatic heterocycles. The summed E-state index contributed by atoms with van der Waals surface area (Å²) in [5, 5.41) is 3.49. The summed E-state index contributed by atoms with van der Waals surface area (Å²) in [7, 11) is 1.81. The smallest absolute Gasteiger partial charge is 0.268 e. The number of halogens is 1. The molecule has 0 saturated heterocycles. The minimum absolute atomic E-state index is 0.111. The number of hydrogen-bond acceptors (Lipinski definition) is 2. The molecule has 18 heavy (non-hydrogen) atoms. The van der Waals surface area contributed by atoms with Crippen molar-refractivity contribution in [2.24, 2.45) is 12.8 Å². The lowest BCUT2D eigenvalue weighted by Gasteiger charge is -2.33. The van der Waals surface area contributed by atoms with Gasteiger partial charge in [0.05, 0.1) is 5.02 Å². The van der Waals surface area contributed by atoms with E-state index in [-0.39, 0.29) is 11.4 Å². The molecule has 0 spiro atoms. The van der Waals surface area contributed by atoms with E-state index in [0.717, 1.165) is 25.7 Å². The first-order valence-electron chi connectivity index (χ1n) is 6.39. The van der Waals surface area contributed by atoms with Crippen LogP contribution in [0.5, 0.6) is 0 Å². The van der Waals surface area contributed by atoms with Crippen LogP contribution in [0.4, 0.5) is 0 Å². The number of carbonyl (C=O) groups is 1. The summed E-state index contributed by atoms with van der Waals surface area (Å²) in [4.78, 5) is 12.0. The van der Waals surface area contributed by atoms with Crippen molar-refractivity contribution >= 4 is 17.5 Å². The molecule has 0 atom stereocenters. The first kappa shape index (κ1) is 13.4. The van der Waals surface area contributed by atoms with Gasteiger partial charge in [-0.2, -0.15) is 0 Å².